The van der Waals surface area contributed by atoms with Crippen molar-refractivity contribution >= 4 is 29.5 Å². The monoisotopic (exact) mass is 364 g/mol. The zero-order valence-electron chi connectivity index (χ0n) is 15.0. The van der Waals surface area contributed by atoms with Crippen molar-refractivity contribution < 1.29 is 19.1 Å². The second-order valence-corrected chi connectivity index (χ2v) is 6.18. The Hall–Kier alpha value is -3.41. The van der Waals surface area contributed by atoms with Gasteiger partial charge in [-0.25, -0.2) is 4.79 Å². The number of aryl methyl sites for hydroxylation is 1. The van der Waals surface area contributed by atoms with Crippen LogP contribution in [-0.4, -0.2) is 24.3 Å². The molecule has 0 unspecified atom stereocenters. The van der Waals surface area contributed by atoms with E-state index >= 15 is 0 Å². The largest absolute Gasteiger partial charge is 0.445 e. The number of nitrogens with one attached hydrogen (secondary N) is 2. The number of hydrogen-bond donors (Lipinski definition) is 2. The van der Waals surface area contributed by atoms with Gasteiger partial charge >= 0.3 is 6.09 Å². The summed E-state index contributed by atoms with van der Waals surface area (Å²) in [6.45, 7) is 2.51. The molecule has 0 aromatic heterocycles. The first-order chi connectivity index (χ1) is 13.1. The molecule has 0 atom stereocenters. The Labute approximate surface area is 157 Å². The van der Waals surface area contributed by atoms with Crippen LogP contribution < -0.4 is 10.6 Å². The highest BCUT2D eigenvalue weighted by Gasteiger charge is 2.30. The normalized spacial score (nSPS) is 12.8. The standard InChI is InChI=1S/C21H20N2O4/c1-14-10-11-17-18(19(24)20(25)23-17)16(14)9-5-6-12-22-21(26)27-13-15-7-3-2-4-8-15/h2-5,7-11H,6,12-13H2,1H3,(H,22,26)(H,23,24,25). The highest BCUT2D eigenvalue weighted by molar-refractivity contribution is 6.52. The van der Waals surface area contributed by atoms with Gasteiger partial charge in [-0.3, -0.25) is 9.59 Å². The van der Waals surface area contributed by atoms with Crippen LogP contribution in [0.25, 0.3) is 6.08 Å². The summed E-state index contributed by atoms with van der Waals surface area (Å²) < 4.78 is 5.13. The van der Waals surface area contributed by atoms with E-state index in [4.69, 9.17) is 4.74 Å². The zero-order chi connectivity index (χ0) is 19.2. The molecular weight excluding hydrogens is 344 g/mol. The maximum absolute atomic E-state index is 12.0. The van der Waals surface area contributed by atoms with Gasteiger partial charge in [-0.05, 0) is 36.1 Å². The molecule has 1 aliphatic rings. The number of hydrogen-bond acceptors (Lipinski definition) is 4. The van der Waals surface area contributed by atoms with Crippen LogP contribution in [0.1, 0.15) is 33.5 Å². The number of ether oxygens (including phenoxy) is 1. The van der Waals surface area contributed by atoms with Gasteiger partial charge in [-0.2, -0.15) is 0 Å². The van der Waals surface area contributed by atoms with Crippen LogP contribution in [0.4, 0.5) is 10.5 Å². The van der Waals surface area contributed by atoms with Crippen molar-refractivity contribution in [1.82, 2.24) is 5.32 Å². The molecule has 0 fully saturated rings. The number of rotatable bonds is 6. The fourth-order valence-electron chi connectivity index (χ4n) is 2.81. The Morgan fingerprint density at radius 3 is 2.70 bits per heavy atom. The fourth-order valence-corrected chi connectivity index (χ4v) is 2.81. The Bertz CT molecular complexity index is 904. The maximum Gasteiger partial charge on any atom is 0.407 e. The summed E-state index contributed by atoms with van der Waals surface area (Å²) in [5.74, 6) is -1.12. The summed E-state index contributed by atoms with van der Waals surface area (Å²) in [6, 6.07) is 13.0. The van der Waals surface area contributed by atoms with E-state index in [1.165, 1.54) is 0 Å². The van der Waals surface area contributed by atoms with Crippen LogP contribution in [0.15, 0.2) is 48.5 Å². The smallest absolute Gasteiger partial charge is 0.407 e. The lowest BCUT2D eigenvalue weighted by atomic mass is 9.98. The zero-order valence-corrected chi connectivity index (χ0v) is 15.0. The third-order valence-electron chi connectivity index (χ3n) is 4.22. The van der Waals surface area contributed by atoms with Crippen molar-refractivity contribution in [3.05, 3.63) is 70.8 Å². The second kappa shape index (κ2) is 8.31. The highest BCUT2D eigenvalue weighted by Crippen LogP contribution is 2.29. The van der Waals surface area contributed by atoms with Crippen molar-refractivity contribution in [3.63, 3.8) is 0 Å². The van der Waals surface area contributed by atoms with E-state index in [9.17, 15) is 14.4 Å². The molecule has 3 rings (SSSR count). The van der Waals surface area contributed by atoms with Gasteiger partial charge in [-0.15, -0.1) is 0 Å². The summed E-state index contributed by atoms with van der Waals surface area (Å²) in [5.41, 5.74) is 3.51. The van der Waals surface area contributed by atoms with Gasteiger partial charge in [0.1, 0.15) is 6.61 Å². The summed E-state index contributed by atoms with van der Waals surface area (Å²) in [4.78, 5) is 35.3. The molecule has 138 valence electrons. The van der Waals surface area contributed by atoms with Crippen LogP contribution in [0.2, 0.25) is 0 Å². The van der Waals surface area contributed by atoms with Crippen LogP contribution in [0.5, 0.6) is 0 Å². The first-order valence-electron chi connectivity index (χ1n) is 8.66. The number of alkyl carbamates (subject to hydrolysis) is 1. The van der Waals surface area contributed by atoms with E-state index in [1.54, 1.807) is 6.07 Å². The van der Waals surface area contributed by atoms with Crippen molar-refractivity contribution in [2.45, 2.75) is 20.0 Å². The number of fused-ring (bicyclic) bond motifs is 1. The van der Waals surface area contributed by atoms with Gasteiger partial charge in [0.25, 0.3) is 11.7 Å². The van der Waals surface area contributed by atoms with Crippen LogP contribution >= 0.6 is 0 Å². The third-order valence-corrected chi connectivity index (χ3v) is 4.22. The van der Waals surface area contributed by atoms with E-state index in [-0.39, 0.29) is 6.61 Å². The Kier molecular flexibility index (Phi) is 5.66. The fraction of sp³-hybridized carbons (Fsp3) is 0.190. The molecular formula is C21H20N2O4. The molecule has 27 heavy (non-hydrogen) atoms. The number of Topliss-reactive ketones (excluding diaryl/α,β-unsaturated/α-hetero) is 1. The average molecular weight is 364 g/mol. The molecule has 0 saturated heterocycles. The summed E-state index contributed by atoms with van der Waals surface area (Å²) >= 11 is 0. The van der Waals surface area contributed by atoms with Crippen molar-refractivity contribution in [2.24, 2.45) is 0 Å². The topological polar surface area (TPSA) is 84.5 Å². The lowest BCUT2D eigenvalue weighted by Gasteiger charge is -2.07. The van der Waals surface area contributed by atoms with Gasteiger partial charge < -0.3 is 15.4 Å². The van der Waals surface area contributed by atoms with Crippen LogP contribution in [-0.2, 0) is 16.1 Å². The Morgan fingerprint density at radius 2 is 1.93 bits per heavy atom. The van der Waals surface area contributed by atoms with E-state index in [2.05, 4.69) is 10.6 Å². The molecule has 6 nitrogen and oxygen atoms in total. The van der Waals surface area contributed by atoms with Crippen LogP contribution in [0, 0.1) is 6.92 Å². The molecule has 2 aromatic rings. The molecule has 0 saturated carbocycles. The minimum atomic E-state index is -0.604. The molecule has 1 heterocycles. The quantitative estimate of drug-likeness (QED) is 0.607. The van der Waals surface area contributed by atoms with Gasteiger partial charge in [0.2, 0.25) is 0 Å². The minimum Gasteiger partial charge on any atom is -0.445 e. The van der Waals surface area contributed by atoms with Crippen molar-refractivity contribution in [3.8, 4) is 0 Å². The first kappa shape index (κ1) is 18.4. The van der Waals surface area contributed by atoms with Gasteiger partial charge in [0.15, 0.2) is 0 Å². The maximum atomic E-state index is 12.0. The number of carbonyl (C=O) groups excluding carboxylic acids is 3. The average Bonchev–Trinajstić information content (AvgIpc) is 2.96. The van der Waals surface area contributed by atoms with E-state index in [0.717, 1.165) is 16.7 Å². The predicted molar refractivity (Wildman–Crippen MR) is 102 cm³/mol. The molecule has 0 aliphatic carbocycles. The lowest BCUT2D eigenvalue weighted by Crippen LogP contribution is -2.24. The molecule has 0 spiro atoms. The third kappa shape index (κ3) is 4.41. The summed E-state index contributed by atoms with van der Waals surface area (Å²) in [5, 5.41) is 5.24. The van der Waals surface area contributed by atoms with Crippen molar-refractivity contribution in [1.29, 1.82) is 0 Å². The van der Waals surface area contributed by atoms with E-state index in [0.29, 0.717) is 24.2 Å². The first-order valence-corrected chi connectivity index (χ1v) is 8.66. The predicted octanol–water partition coefficient (Wildman–Crippen LogP) is 3.46. The number of amides is 2. The minimum absolute atomic E-state index is 0.223. The number of benzene rings is 2. The SMILES string of the molecule is Cc1ccc2c(c1C=CCCNC(=O)OCc1ccccc1)C(=O)C(=O)N2. The van der Waals surface area contributed by atoms with Gasteiger partial charge in [0.05, 0.1) is 11.3 Å². The number of carbonyl (C=O) groups is 3. The van der Waals surface area contributed by atoms with E-state index < -0.39 is 17.8 Å². The Balaban J connectivity index is 1.49. The number of anilines is 1. The summed E-state index contributed by atoms with van der Waals surface area (Å²) in [7, 11) is 0. The molecule has 2 N–H and O–H groups in total. The number of ketones is 1. The molecule has 2 amide bonds. The summed E-state index contributed by atoms with van der Waals surface area (Å²) in [6.07, 6.45) is 3.76. The van der Waals surface area contributed by atoms with Gasteiger partial charge in [0, 0.05) is 6.54 Å². The molecule has 1 aliphatic heterocycles. The molecule has 2 aromatic carbocycles. The highest BCUT2D eigenvalue weighted by atomic mass is 16.5. The van der Waals surface area contributed by atoms with Gasteiger partial charge in [-0.1, -0.05) is 48.6 Å². The molecule has 0 radical (unpaired) electrons. The van der Waals surface area contributed by atoms with E-state index in [1.807, 2.05) is 55.5 Å². The van der Waals surface area contributed by atoms with Crippen molar-refractivity contribution in [2.75, 3.05) is 11.9 Å². The molecule has 0 bridgehead atoms. The second-order valence-electron chi connectivity index (χ2n) is 6.18. The lowest BCUT2D eigenvalue weighted by molar-refractivity contribution is -0.112. The molecule has 6 heteroatoms. The van der Waals surface area contributed by atoms with Crippen LogP contribution in [0.3, 0.4) is 0 Å². The Morgan fingerprint density at radius 1 is 1.15 bits per heavy atom.